The molecule has 0 bridgehead atoms. The Labute approximate surface area is 113 Å². The van der Waals surface area contributed by atoms with E-state index in [1.807, 2.05) is 24.3 Å². The molecule has 0 unspecified atom stereocenters. The highest BCUT2D eigenvalue weighted by Gasteiger charge is 2.24. The van der Waals surface area contributed by atoms with E-state index in [4.69, 9.17) is 9.47 Å². The van der Waals surface area contributed by atoms with E-state index < -0.39 is 0 Å². The molecule has 0 spiro atoms. The maximum atomic E-state index is 11.4. The Bertz CT molecular complexity index is 626. The summed E-state index contributed by atoms with van der Waals surface area (Å²) in [6.45, 7) is 0.203. The summed E-state index contributed by atoms with van der Waals surface area (Å²) >= 11 is 1.39. The number of para-hydroxylation sites is 2. The summed E-state index contributed by atoms with van der Waals surface area (Å²) in [7, 11) is 1.58. The van der Waals surface area contributed by atoms with Gasteiger partial charge in [0.2, 0.25) is 0 Å². The first-order chi connectivity index (χ1) is 9.28. The second-order valence-electron chi connectivity index (χ2n) is 3.84. The first-order valence-electron chi connectivity index (χ1n) is 5.65. The first-order valence-corrected chi connectivity index (χ1v) is 6.64. The summed E-state index contributed by atoms with van der Waals surface area (Å²) in [6.07, 6.45) is 0. The molecule has 0 saturated heterocycles. The van der Waals surface area contributed by atoms with Crippen LogP contribution in [0.3, 0.4) is 0 Å². The largest absolute Gasteiger partial charge is 0.493 e. The van der Waals surface area contributed by atoms with Gasteiger partial charge in [-0.15, -0.1) is 5.10 Å². The van der Waals surface area contributed by atoms with Crippen molar-refractivity contribution in [2.24, 2.45) is 0 Å². The van der Waals surface area contributed by atoms with Crippen molar-refractivity contribution in [3.8, 4) is 11.5 Å². The highest BCUT2D eigenvalue weighted by Crippen LogP contribution is 2.27. The average molecular weight is 277 g/mol. The molecule has 1 aliphatic heterocycles. The van der Waals surface area contributed by atoms with Crippen LogP contribution in [0, 0.1) is 0 Å². The minimum atomic E-state index is -0.0453. The van der Waals surface area contributed by atoms with Crippen LogP contribution in [0.4, 0.5) is 0 Å². The van der Waals surface area contributed by atoms with Gasteiger partial charge in [-0.25, -0.2) is 4.98 Å². The zero-order valence-electron chi connectivity index (χ0n) is 10.2. The van der Waals surface area contributed by atoms with E-state index in [1.165, 1.54) is 16.4 Å². The number of thioether (sulfide) groups is 1. The molecular formula is C12H11N3O3S. The van der Waals surface area contributed by atoms with Crippen LogP contribution in [0.15, 0.2) is 29.4 Å². The zero-order valence-corrected chi connectivity index (χ0v) is 11.0. The van der Waals surface area contributed by atoms with Gasteiger partial charge in [0.25, 0.3) is 5.91 Å². The lowest BCUT2D eigenvalue weighted by Gasteiger charge is -2.08. The van der Waals surface area contributed by atoms with Crippen LogP contribution in [0.2, 0.25) is 0 Å². The molecule has 98 valence electrons. The van der Waals surface area contributed by atoms with Gasteiger partial charge in [0, 0.05) is 0 Å². The molecule has 0 saturated carbocycles. The Morgan fingerprint density at radius 2 is 2.16 bits per heavy atom. The number of nitrogens with zero attached hydrogens (tertiary/aromatic N) is 3. The van der Waals surface area contributed by atoms with Crippen LogP contribution < -0.4 is 9.47 Å². The fraction of sp³-hybridized carbons (Fsp3) is 0.250. The maximum Gasteiger partial charge on any atom is 0.259 e. The van der Waals surface area contributed by atoms with Gasteiger partial charge in [0.15, 0.2) is 22.5 Å². The van der Waals surface area contributed by atoms with Crippen molar-refractivity contribution >= 4 is 17.7 Å². The van der Waals surface area contributed by atoms with Crippen molar-refractivity contribution in [2.75, 3.05) is 12.9 Å². The Kier molecular flexibility index (Phi) is 3.12. The molecule has 3 rings (SSSR count). The number of fused-ring (bicyclic) bond motifs is 1. The zero-order chi connectivity index (χ0) is 13.2. The number of hydrogen-bond donors (Lipinski definition) is 0. The molecule has 0 fully saturated rings. The molecule has 1 aromatic carbocycles. The maximum absolute atomic E-state index is 11.4. The monoisotopic (exact) mass is 277 g/mol. The van der Waals surface area contributed by atoms with Crippen molar-refractivity contribution in [2.45, 2.75) is 11.8 Å². The minimum Gasteiger partial charge on any atom is -0.493 e. The van der Waals surface area contributed by atoms with Crippen LogP contribution >= 0.6 is 11.8 Å². The summed E-state index contributed by atoms with van der Waals surface area (Å²) in [5, 5.41) is 4.74. The number of carbonyl (C=O) groups excluding carboxylic acids is 1. The van der Waals surface area contributed by atoms with Gasteiger partial charge < -0.3 is 9.47 Å². The van der Waals surface area contributed by atoms with Gasteiger partial charge in [-0.05, 0) is 12.1 Å². The van der Waals surface area contributed by atoms with Crippen molar-refractivity contribution in [1.29, 1.82) is 0 Å². The molecule has 1 aliphatic rings. The van der Waals surface area contributed by atoms with Crippen molar-refractivity contribution in [3.63, 3.8) is 0 Å². The standard InChI is InChI=1S/C12H11N3O3S/c1-17-8-4-2-3-5-9(8)18-6-10-13-12-15(14-10)11(16)7-19-12/h2-5H,6-7H2,1H3. The average Bonchev–Trinajstić information content (AvgIpc) is 2.99. The third kappa shape index (κ3) is 2.28. The van der Waals surface area contributed by atoms with Crippen LogP contribution in [0.25, 0.3) is 0 Å². The van der Waals surface area contributed by atoms with Crippen LogP contribution in [-0.4, -0.2) is 33.5 Å². The summed E-state index contributed by atoms with van der Waals surface area (Å²) < 4.78 is 12.1. The molecular weight excluding hydrogens is 266 g/mol. The number of rotatable bonds is 4. The summed E-state index contributed by atoms with van der Waals surface area (Å²) in [5.41, 5.74) is 0. The van der Waals surface area contributed by atoms with E-state index in [0.717, 1.165) is 0 Å². The molecule has 1 aromatic heterocycles. The van der Waals surface area contributed by atoms with E-state index >= 15 is 0 Å². The lowest BCUT2D eigenvalue weighted by atomic mass is 10.3. The van der Waals surface area contributed by atoms with E-state index in [2.05, 4.69) is 10.1 Å². The van der Waals surface area contributed by atoms with Crippen molar-refractivity contribution < 1.29 is 14.3 Å². The molecule has 6 nitrogen and oxygen atoms in total. The SMILES string of the molecule is COc1ccccc1OCc1nc2n(n1)C(=O)CS2. The van der Waals surface area contributed by atoms with E-state index in [9.17, 15) is 4.79 Å². The fourth-order valence-electron chi connectivity index (χ4n) is 1.72. The highest BCUT2D eigenvalue weighted by atomic mass is 32.2. The molecule has 0 atom stereocenters. The van der Waals surface area contributed by atoms with Gasteiger partial charge >= 0.3 is 0 Å². The second-order valence-corrected chi connectivity index (χ2v) is 4.79. The molecule has 2 heterocycles. The molecule has 0 amide bonds. The van der Waals surface area contributed by atoms with Crippen LogP contribution in [0.1, 0.15) is 10.6 Å². The minimum absolute atomic E-state index is 0.0453. The quantitative estimate of drug-likeness (QED) is 0.846. The van der Waals surface area contributed by atoms with E-state index in [1.54, 1.807) is 7.11 Å². The topological polar surface area (TPSA) is 66.2 Å². The lowest BCUT2D eigenvalue weighted by Crippen LogP contribution is -2.09. The molecule has 0 N–H and O–H groups in total. The fourth-order valence-corrected chi connectivity index (χ4v) is 2.53. The van der Waals surface area contributed by atoms with E-state index in [-0.39, 0.29) is 12.5 Å². The van der Waals surface area contributed by atoms with Crippen molar-refractivity contribution in [1.82, 2.24) is 14.8 Å². The predicted molar refractivity (Wildman–Crippen MR) is 68.7 cm³/mol. The first kappa shape index (κ1) is 12.0. The van der Waals surface area contributed by atoms with Crippen LogP contribution in [0.5, 0.6) is 11.5 Å². The van der Waals surface area contributed by atoms with E-state index in [0.29, 0.717) is 28.2 Å². The van der Waals surface area contributed by atoms with Gasteiger partial charge in [0.05, 0.1) is 12.9 Å². The lowest BCUT2D eigenvalue weighted by molar-refractivity contribution is 0.0922. The van der Waals surface area contributed by atoms with Gasteiger partial charge in [-0.1, -0.05) is 23.9 Å². The predicted octanol–water partition coefficient (Wildman–Crippen LogP) is 1.61. The number of aromatic nitrogens is 3. The Hall–Kier alpha value is -2.02. The number of ether oxygens (including phenoxy) is 2. The summed E-state index contributed by atoms with van der Waals surface area (Å²) in [4.78, 5) is 15.7. The number of carbonyl (C=O) groups is 1. The smallest absolute Gasteiger partial charge is 0.259 e. The number of methoxy groups -OCH3 is 1. The Balaban J connectivity index is 1.73. The normalized spacial score (nSPS) is 13.4. The summed E-state index contributed by atoms with van der Waals surface area (Å²) in [5.74, 6) is 2.12. The van der Waals surface area contributed by atoms with Gasteiger partial charge in [-0.2, -0.15) is 4.68 Å². The highest BCUT2D eigenvalue weighted by molar-refractivity contribution is 8.00. The Morgan fingerprint density at radius 3 is 2.89 bits per heavy atom. The third-order valence-corrected chi connectivity index (χ3v) is 3.52. The van der Waals surface area contributed by atoms with Crippen LogP contribution in [-0.2, 0) is 6.61 Å². The summed E-state index contributed by atoms with van der Waals surface area (Å²) in [6, 6.07) is 7.35. The molecule has 0 radical (unpaired) electrons. The molecule has 2 aromatic rings. The molecule has 19 heavy (non-hydrogen) atoms. The second kappa shape index (κ2) is 4.93. The third-order valence-electron chi connectivity index (χ3n) is 2.61. The number of hydrogen-bond acceptors (Lipinski definition) is 6. The van der Waals surface area contributed by atoms with Crippen molar-refractivity contribution in [3.05, 3.63) is 30.1 Å². The molecule has 7 heteroatoms. The van der Waals surface area contributed by atoms with Gasteiger partial charge in [0.1, 0.15) is 6.61 Å². The number of benzene rings is 1. The molecule has 0 aliphatic carbocycles. The van der Waals surface area contributed by atoms with Gasteiger partial charge in [-0.3, -0.25) is 4.79 Å². The Morgan fingerprint density at radius 1 is 1.37 bits per heavy atom.